The minimum atomic E-state index is -0.466. The average Bonchev–Trinajstić information content (AvgIpc) is 3.42. The Kier molecular flexibility index (Phi) is 4.85. The largest absolute Gasteiger partial charge is 0.320 e. The van der Waals surface area contributed by atoms with Crippen LogP contribution in [0, 0.1) is 10.1 Å². The Morgan fingerprint density at radius 1 is 1.03 bits per heavy atom. The molecule has 2 heterocycles. The molecule has 0 aliphatic rings. The van der Waals surface area contributed by atoms with E-state index in [9.17, 15) is 14.9 Å². The fourth-order valence-corrected chi connectivity index (χ4v) is 2.85. The van der Waals surface area contributed by atoms with Crippen LogP contribution in [-0.2, 0) is 6.54 Å². The first-order chi connectivity index (χ1) is 14.1. The molecular formula is C20H16N6O3. The third kappa shape index (κ3) is 4.03. The second kappa shape index (κ2) is 7.77. The van der Waals surface area contributed by atoms with E-state index < -0.39 is 4.92 Å². The molecule has 4 rings (SSSR count). The van der Waals surface area contributed by atoms with Crippen LogP contribution in [0.2, 0.25) is 0 Å². The van der Waals surface area contributed by atoms with Gasteiger partial charge in [0.05, 0.1) is 17.2 Å². The van der Waals surface area contributed by atoms with E-state index in [1.54, 1.807) is 35.3 Å². The maximum Gasteiger partial charge on any atom is 0.276 e. The SMILES string of the molecule is O=C(Nc1ccccc1Cn1cccn1)c1ccn(-c2ccc([N+](=O)[O-])cc2)n1. The molecule has 1 amide bonds. The van der Waals surface area contributed by atoms with Crippen molar-refractivity contribution in [3.8, 4) is 5.69 Å². The lowest BCUT2D eigenvalue weighted by atomic mass is 10.1. The van der Waals surface area contributed by atoms with E-state index in [1.165, 1.54) is 16.8 Å². The van der Waals surface area contributed by atoms with Gasteiger partial charge in [-0.2, -0.15) is 10.2 Å². The van der Waals surface area contributed by atoms with Crippen LogP contribution in [0.3, 0.4) is 0 Å². The molecular weight excluding hydrogens is 372 g/mol. The molecule has 0 radical (unpaired) electrons. The third-order valence-electron chi connectivity index (χ3n) is 4.30. The molecule has 144 valence electrons. The zero-order valence-electron chi connectivity index (χ0n) is 15.2. The van der Waals surface area contributed by atoms with Crippen LogP contribution < -0.4 is 5.32 Å². The number of non-ortho nitro benzene ring substituents is 1. The molecule has 0 bridgehead atoms. The number of para-hydroxylation sites is 1. The summed E-state index contributed by atoms with van der Waals surface area (Å²) >= 11 is 0. The zero-order valence-corrected chi connectivity index (χ0v) is 15.2. The average molecular weight is 388 g/mol. The monoisotopic (exact) mass is 388 g/mol. The van der Waals surface area contributed by atoms with Crippen molar-refractivity contribution in [2.24, 2.45) is 0 Å². The van der Waals surface area contributed by atoms with Crippen LogP contribution in [0.1, 0.15) is 16.1 Å². The normalized spacial score (nSPS) is 10.6. The number of nitro groups is 1. The topological polar surface area (TPSA) is 108 Å². The Hall–Kier alpha value is -4.27. The molecule has 0 unspecified atom stereocenters. The minimum absolute atomic E-state index is 0.00679. The summed E-state index contributed by atoms with van der Waals surface area (Å²) in [5.74, 6) is -0.349. The molecule has 1 N–H and O–H groups in total. The summed E-state index contributed by atoms with van der Waals surface area (Å²) in [6.45, 7) is 0.528. The number of nitrogens with zero attached hydrogens (tertiary/aromatic N) is 5. The molecule has 0 saturated heterocycles. The van der Waals surface area contributed by atoms with Crippen molar-refractivity contribution in [3.63, 3.8) is 0 Å². The van der Waals surface area contributed by atoms with Gasteiger partial charge < -0.3 is 5.32 Å². The number of nitro benzene ring substituents is 1. The first-order valence-electron chi connectivity index (χ1n) is 8.77. The Labute approximate surface area is 165 Å². The van der Waals surface area contributed by atoms with Gasteiger partial charge in [0, 0.05) is 36.4 Å². The molecule has 0 aliphatic carbocycles. The summed E-state index contributed by atoms with van der Waals surface area (Å²) in [4.78, 5) is 23.0. The molecule has 9 nitrogen and oxygen atoms in total. The maximum atomic E-state index is 12.7. The van der Waals surface area contributed by atoms with Gasteiger partial charge in [-0.25, -0.2) is 4.68 Å². The smallest absolute Gasteiger partial charge is 0.276 e. The first-order valence-corrected chi connectivity index (χ1v) is 8.77. The predicted molar refractivity (Wildman–Crippen MR) is 106 cm³/mol. The Morgan fingerprint density at radius 2 is 1.83 bits per heavy atom. The van der Waals surface area contributed by atoms with E-state index in [1.807, 2.05) is 36.5 Å². The summed E-state index contributed by atoms with van der Waals surface area (Å²) in [5, 5.41) is 22.1. The van der Waals surface area contributed by atoms with E-state index in [2.05, 4.69) is 15.5 Å². The Bertz CT molecular complexity index is 1150. The van der Waals surface area contributed by atoms with E-state index in [4.69, 9.17) is 0 Å². The molecule has 4 aromatic rings. The molecule has 0 atom stereocenters. The molecule has 0 saturated carbocycles. The Morgan fingerprint density at radius 3 is 2.55 bits per heavy atom. The lowest BCUT2D eigenvalue weighted by molar-refractivity contribution is -0.384. The number of aromatic nitrogens is 4. The number of hydrogen-bond acceptors (Lipinski definition) is 5. The standard InChI is InChI=1S/C20H16N6O3/c27-20(22-18-5-2-1-4-15(18)14-24-12-3-11-21-24)19-10-13-25(23-19)16-6-8-17(9-7-16)26(28)29/h1-13H,14H2,(H,22,27). The van der Waals surface area contributed by atoms with Crippen LogP contribution in [0.15, 0.2) is 79.3 Å². The lowest BCUT2D eigenvalue weighted by Gasteiger charge is -2.10. The maximum absolute atomic E-state index is 12.7. The number of benzene rings is 2. The van der Waals surface area contributed by atoms with Gasteiger partial charge in [0.1, 0.15) is 0 Å². The summed E-state index contributed by atoms with van der Waals surface area (Å²) in [6.07, 6.45) is 5.18. The number of carbonyl (C=O) groups excluding carboxylic acids is 1. The summed E-state index contributed by atoms with van der Waals surface area (Å²) in [5.41, 5.74) is 2.44. The van der Waals surface area contributed by atoms with Gasteiger partial charge in [-0.3, -0.25) is 19.6 Å². The molecule has 0 spiro atoms. The highest BCUT2D eigenvalue weighted by atomic mass is 16.6. The van der Waals surface area contributed by atoms with Crippen molar-refractivity contribution >= 4 is 17.3 Å². The van der Waals surface area contributed by atoms with E-state index >= 15 is 0 Å². The van der Waals surface area contributed by atoms with Gasteiger partial charge in [-0.05, 0) is 35.9 Å². The highest BCUT2D eigenvalue weighted by Gasteiger charge is 2.13. The molecule has 29 heavy (non-hydrogen) atoms. The quantitative estimate of drug-likeness (QED) is 0.403. The number of nitrogens with one attached hydrogen (secondary N) is 1. The number of rotatable bonds is 6. The molecule has 2 aromatic carbocycles. The second-order valence-corrected chi connectivity index (χ2v) is 6.23. The van der Waals surface area contributed by atoms with Crippen molar-refractivity contribution in [2.75, 3.05) is 5.32 Å². The van der Waals surface area contributed by atoms with Crippen molar-refractivity contribution in [1.82, 2.24) is 19.6 Å². The van der Waals surface area contributed by atoms with E-state index in [0.29, 0.717) is 17.9 Å². The van der Waals surface area contributed by atoms with Gasteiger partial charge in [-0.15, -0.1) is 0 Å². The third-order valence-corrected chi connectivity index (χ3v) is 4.30. The van der Waals surface area contributed by atoms with Crippen molar-refractivity contribution in [1.29, 1.82) is 0 Å². The van der Waals surface area contributed by atoms with Gasteiger partial charge >= 0.3 is 0 Å². The fraction of sp³-hybridized carbons (Fsp3) is 0.0500. The predicted octanol–water partition coefficient (Wildman–Crippen LogP) is 3.28. The van der Waals surface area contributed by atoms with Crippen molar-refractivity contribution in [2.45, 2.75) is 6.54 Å². The van der Waals surface area contributed by atoms with Crippen LogP contribution in [0.4, 0.5) is 11.4 Å². The number of carbonyl (C=O) groups is 1. The van der Waals surface area contributed by atoms with Gasteiger partial charge in [0.15, 0.2) is 5.69 Å². The molecule has 0 fully saturated rings. The number of amides is 1. The highest BCUT2D eigenvalue weighted by Crippen LogP contribution is 2.18. The van der Waals surface area contributed by atoms with Crippen molar-refractivity contribution < 1.29 is 9.72 Å². The van der Waals surface area contributed by atoms with Gasteiger partial charge in [0.25, 0.3) is 11.6 Å². The number of anilines is 1. The number of hydrogen-bond donors (Lipinski definition) is 1. The lowest BCUT2D eigenvalue weighted by Crippen LogP contribution is -2.15. The minimum Gasteiger partial charge on any atom is -0.320 e. The summed E-state index contributed by atoms with van der Waals surface area (Å²) in [6, 6.07) is 16.9. The van der Waals surface area contributed by atoms with Crippen molar-refractivity contribution in [3.05, 3.63) is 101 Å². The van der Waals surface area contributed by atoms with Crippen LogP contribution in [-0.4, -0.2) is 30.4 Å². The van der Waals surface area contributed by atoms with Crippen LogP contribution in [0.25, 0.3) is 5.69 Å². The van der Waals surface area contributed by atoms with Gasteiger partial charge in [-0.1, -0.05) is 18.2 Å². The highest BCUT2D eigenvalue weighted by molar-refractivity contribution is 6.03. The van der Waals surface area contributed by atoms with Crippen LogP contribution in [0.5, 0.6) is 0 Å². The van der Waals surface area contributed by atoms with E-state index in [-0.39, 0.29) is 17.3 Å². The molecule has 9 heteroatoms. The zero-order chi connectivity index (χ0) is 20.2. The van der Waals surface area contributed by atoms with Gasteiger partial charge in [0.2, 0.25) is 0 Å². The van der Waals surface area contributed by atoms with E-state index in [0.717, 1.165) is 5.56 Å². The fourth-order valence-electron chi connectivity index (χ4n) is 2.85. The Balaban J connectivity index is 1.51. The summed E-state index contributed by atoms with van der Waals surface area (Å²) < 4.78 is 3.27. The summed E-state index contributed by atoms with van der Waals surface area (Å²) in [7, 11) is 0. The second-order valence-electron chi connectivity index (χ2n) is 6.23. The molecule has 2 aromatic heterocycles. The molecule has 0 aliphatic heterocycles. The first kappa shape index (κ1) is 18.1. The van der Waals surface area contributed by atoms with Crippen LogP contribution >= 0.6 is 0 Å².